The third-order valence-corrected chi connectivity index (χ3v) is 3.40. The molecule has 1 aliphatic heterocycles. The van der Waals surface area contributed by atoms with Crippen LogP contribution in [0.2, 0.25) is 0 Å². The lowest BCUT2D eigenvalue weighted by Gasteiger charge is -2.18. The highest BCUT2D eigenvalue weighted by atomic mass is 16.6. The number of nitriles is 1. The Morgan fingerprint density at radius 1 is 1.09 bits per heavy atom. The van der Waals surface area contributed by atoms with Gasteiger partial charge >= 0.3 is 0 Å². The minimum absolute atomic E-state index is 0.545. The van der Waals surface area contributed by atoms with E-state index in [2.05, 4.69) is 6.07 Å². The van der Waals surface area contributed by atoms with Crippen molar-refractivity contribution in [3.8, 4) is 23.3 Å². The number of hydrogen-bond acceptors (Lipinski definition) is 4. The van der Waals surface area contributed by atoms with Gasteiger partial charge in [0.05, 0.1) is 18.8 Å². The van der Waals surface area contributed by atoms with Crippen LogP contribution in [0.5, 0.6) is 17.2 Å². The van der Waals surface area contributed by atoms with Crippen LogP contribution in [0.15, 0.2) is 42.5 Å². The van der Waals surface area contributed by atoms with Crippen LogP contribution in [-0.2, 0) is 0 Å². The summed E-state index contributed by atoms with van der Waals surface area (Å²) in [5.74, 6) is 2.22. The van der Waals surface area contributed by atoms with Gasteiger partial charge in [0, 0.05) is 0 Å². The number of nitrogens with zero attached hydrogens (tertiary/aromatic N) is 1. The molecule has 1 heterocycles. The molecule has 0 bridgehead atoms. The molecule has 4 heteroatoms. The molecular formula is C18H15NO3. The molecule has 0 aliphatic carbocycles. The summed E-state index contributed by atoms with van der Waals surface area (Å²) >= 11 is 0. The van der Waals surface area contributed by atoms with E-state index >= 15 is 0 Å². The first-order chi connectivity index (χ1) is 10.8. The molecule has 0 fully saturated rings. The standard InChI is InChI=1S/C18H15NO3/c1-20-16-5-3-14(4-6-16)15(12-19)10-13-2-7-17-18(11-13)22-9-8-21-17/h2-7,10-11H,8-9H2,1H3/b15-10+. The van der Waals surface area contributed by atoms with Crippen LogP contribution in [0.1, 0.15) is 11.1 Å². The number of hydrogen-bond donors (Lipinski definition) is 0. The summed E-state index contributed by atoms with van der Waals surface area (Å²) in [5, 5.41) is 9.40. The first kappa shape index (κ1) is 14.0. The van der Waals surface area contributed by atoms with Crippen molar-refractivity contribution in [1.29, 1.82) is 5.26 Å². The molecule has 110 valence electrons. The Morgan fingerprint density at radius 3 is 2.50 bits per heavy atom. The van der Waals surface area contributed by atoms with Crippen molar-refractivity contribution in [2.75, 3.05) is 20.3 Å². The number of rotatable bonds is 3. The molecule has 0 atom stereocenters. The summed E-state index contributed by atoms with van der Waals surface area (Å²) in [6.45, 7) is 1.11. The Balaban J connectivity index is 1.92. The Bertz CT molecular complexity index is 742. The van der Waals surface area contributed by atoms with Crippen molar-refractivity contribution in [2.24, 2.45) is 0 Å². The van der Waals surface area contributed by atoms with Gasteiger partial charge < -0.3 is 14.2 Å². The third-order valence-electron chi connectivity index (χ3n) is 3.40. The summed E-state index contributed by atoms with van der Waals surface area (Å²) in [4.78, 5) is 0. The highest BCUT2D eigenvalue weighted by Gasteiger charge is 2.11. The second kappa shape index (κ2) is 6.23. The van der Waals surface area contributed by atoms with E-state index < -0.39 is 0 Å². The first-order valence-corrected chi connectivity index (χ1v) is 6.96. The quantitative estimate of drug-likeness (QED) is 0.641. The van der Waals surface area contributed by atoms with Crippen molar-refractivity contribution in [2.45, 2.75) is 0 Å². The van der Waals surface area contributed by atoms with E-state index in [1.54, 1.807) is 7.11 Å². The average Bonchev–Trinajstić information content (AvgIpc) is 2.59. The Labute approximate surface area is 129 Å². The van der Waals surface area contributed by atoms with Crippen molar-refractivity contribution >= 4 is 11.6 Å². The van der Waals surface area contributed by atoms with Gasteiger partial charge in [-0.15, -0.1) is 0 Å². The molecule has 3 rings (SSSR count). The Kier molecular flexibility index (Phi) is 3.97. The van der Waals surface area contributed by atoms with E-state index in [4.69, 9.17) is 14.2 Å². The maximum absolute atomic E-state index is 9.40. The van der Waals surface area contributed by atoms with Crippen LogP contribution in [0.25, 0.3) is 11.6 Å². The lowest BCUT2D eigenvalue weighted by molar-refractivity contribution is 0.171. The van der Waals surface area contributed by atoms with Gasteiger partial charge in [-0.2, -0.15) is 5.26 Å². The number of benzene rings is 2. The summed E-state index contributed by atoms with van der Waals surface area (Å²) in [6, 6.07) is 15.3. The van der Waals surface area contributed by atoms with E-state index in [0.29, 0.717) is 24.5 Å². The van der Waals surface area contributed by atoms with Gasteiger partial charge in [0.1, 0.15) is 19.0 Å². The lowest BCUT2D eigenvalue weighted by atomic mass is 10.0. The van der Waals surface area contributed by atoms with Crippen LogP contribution >= 0.6 is 0 Å². The second-order valence-electron chi connectivity index (χ2n) is 4.80. The van der Waals surface area contributed by atoms with Gasteiger partial charge in [-0.05, 0) is 53.6 Å². The van der Waals surface area contributed by atoms with Gasteiger partial charge in [-0.1, -0.05) is 6.07 Å². The monoisotopic (exact) mass is 293 g/mol. The zero-order valence-corrected chi connectivity index (χ0v) is 12.2. The lowest BCUT2D eigenvalue weighted by Crippen LogP contribution is -2.15. The molecule has 4 nitrogen and oxygen atoms in total. The zero-order valence-electron chi connectivity index (χ0n) is 12.2. The maximum atomic E-state index is 9.40. The predicted octanol–water partition coefficient (Wildman–Crippen LogP) is 3.53. The number of methoxy groups -OCH3 is 1. The summed E-state index contributed by atoms with van der Waals surface area (Å²) in [7, 11) is 1.62. The van der Waals surface area contributed by atoms with Gasteiger partial charge in [-0.25, -0.2) is 0 Å². The van der Waals surface area contributed by atoms with Crippen LogP contribution in [-0.4, -0.2) is 20.3 Å². The molecule has 0 radical (unpaired) electrons. The Hall–Kier alpha value is -2.93. The number of ether oxygens (including phenoxy) is 3. The zero-order chi connectivity index (χ0) is 15.4. The minimum Gasteiger partial charge on any atom is -0.497 e. The number of allylic oxidation sites excluding steroid dienone is 1. The molecule has 0 amide bonds. The Morgan fingerprint density at radius 2 is 1.82 bits per heavy atom. The van der Waals surface area contributed by atoms with Crippen molar-refractivity contribution in [3.63, 3.8) is 0 Å². The van der Waals surface area contributed by atoms with E-state index in [-0.39, 0.29) is 0 Å². The molecule has 0 spiro atoms. The summed E-state index contributed by atoms with van der Waals surface area (Å²) in [6.07, 6.45) is 1.83. The van der Waals surface area contributed by atoms with Crippen LogP contribution in [0, 0.1) is 11.3 Å². The smallest absolute Gasteiger partial charge is 0.161 e. The van der Waals surface area contributed by atoms with Crippen molar-refractivity contribution in [1.82, 2.24) is 0 Å². The highest BCUT2D eigenvalue weighted by Crippen LogP contribution is 2.32. The van der Waals surface area contributed by atoms with Crippen molar-refractivity contribution in [3.05, 3.63) is 53.6 Å². The van der Waals surface area contributed by atoms with Crippen LogP contribution < -0.4 is 14.2 Å². The van der Waals surface area contributed by atoms with E-state index in [0.717, 1.165) is 22.6 Å². The average molecular weight is 293 g/mol. The first-order valence-electron chi connectivity index (χ1n) is 6.96. The third kappa shape index (κ3) is 2.89. The SMILES string of the molecule is COc1ccc(/C(C#N)=C/c2ccc3c(c2)OCCO3)cc1. The van der Waals surface area contributed by atoms with Gasteiger partial charge in [-0.3, -0.25) is 0 Å². The van der Waals surface area contributed by atoms with Gasteiger partial charge in [0.2, 0.25) is 0 Å². The largest absolute Gasteiger partial charge is 0.497 e. The van der Waals surface area contributed by atoms with E-state index in [1.165, 1.54) is 0 Å². The molecular weight excluding hydrogens is 278 g/mol. The van der Waals surface area contributed by atoms with Crippen molar-refractivity contribution < 1.29 is 14.2 Å². The normalized spacial score (nSPS) is 13.4. The molecule has 1 aliphatic rings. The van der Waals surface area contributed by atoms with Gasteiger partial charge in [0.15, 0.2) is 11.5 Å². The molecule has 0 aromatic heterocycles. The topological polar surface area (TPSA) is 51.5 Å². The van der Waals surface area contributed by atoms with E-state index in [1.807, 2.05) is 48.5 Å². The molecule has 0 saturated heterocycles. The maximum Gasteiger partial charge on any atom is 0.161 e. The molecule has 0 N–H and O–H groups in total. The molecule has 2 aromatic carbocycles. The fourth-order valence-electron chi connectivity index (χ4n) is 2.27. The minimum atomic E-state index is 0.545. The molecule has 0 saturated carbocycles. The fraction of sp³-hybridized carbons (Fsp3) is 0.167. The van der Waals surface area contributed by atoms with Crippen LogP contribution in [0.4, 0.5) is 0 Å². The van der Waals surface area contributed by atoms with E-state index in [9.17, 15) is 5.26 Å². The highest BCUT2D eigenvalue weighted by molar-refractivity contribution is 5.90. The van der Waals surface area contributed by atoms with Crippen LogP contribution in [0.3, 0.4) is 0 Å². The summed E-state index contributed by atoms with van der Waals surface area (Å²) in [5.41, 5.74) is 2.33. The fourth-order valence-corrected chi connectivity index (χ4v) is 2.27. The summed E-state index contributed by atoms with van der Waals surface area (Å²) < 4.78 is 16.2. The van der Waals surface area contributed by atoms with Gasteiger partial charge in [0.25, 0.3) is 0 Å². The number of fused-ring (bicyclic) bond motifs is 1. The second-order valence-corrected chi connectivity index (χ2v) is 4.80. The molecule has 2 aromatic rings. The molecule has 22 heavy (non-hydrogen) atoms. The predicted molar refractivity (Wildman–Crippen MR) is 83.9 cm³/mol. The molecule has 0 unspecified atom stereocenters.